The summed E-state index contributed by atoms with van der Waals surface area (Å²) in [5, 5.41) is 2.04. The van der Waals surface area contributed by atoms with E-state index in [1.165, 1.54) is 97.0 Å². The molecule has 0 spiro atoms. The summed E-state index contributed by atoms with van der Waals surface area (Å²) < 4.78 is 4.65. The second-order valence-electron chi connectivity index (χ2n) is 7.36. The Balaban J connectivity index is 1.72. The number of carbonyl (C=O) groups excluding carboxylic acids is 1. The molecule has 2 nitrogen and oxygen atoms in total. The second-order valence-corrected chi connectivity index (χ2v) is 8.84. The first-order valence-corrected chi connectivity index (χ1v) is 11.4. The fourth-order valence-electron chi connectivity index (χ4n) is 3.41. The van der Waals surface area contributed by atoms with E-state index in [9.17, 15) is 4.79 Å². The predicted molar refractivity (Wildman–Crippen MR) is 107 cm³/mol. The van der Waals surface area contributed by atoms with Gasteiger partial charge in [-0.05, 0) is 19.3 Å². The zero-order chi connectivity index (χ0) is 17.5. The lowest BCUT2D eigenvalue weighted by Gasteiger charge is -2.03. The number of hydrogen-bond donors (Lipinski definition) is 0. The van der Waals surface area contributed by atoms with Gasteiger partial charge in [0.1, 0.15) is 0 Å². The standard InChI is InChI=1S/C21H40O2S/c1-3-4-5-13-16-19-20(24-19)17-14-11-9-7-6-8-10-12-15-18-21(22)23-2/h19-20H,3-18H2,1-2H3. The molecule has 1 rings (SSSR count). The van der Waals surface area contributed by atoms with Crippen LogP contribution in [0.15, 0.2) is 0 Å². The van der Waals surface area contributed by atoms with E-state index < -0.39 is 0 Å². The highest BCUT2D eigenvalue weighted by atomic mass is 32.2. The molecule has 1 fully saturated rings. The molecule has 142 valence electrons. The summed E-state index contributed by atoms with van der Waals surface area (Å²) in [6.45, 7) is 2.29. The van der Waals surface area contributed by atoms with E-state index in [-0.39, 0.29) is 5.97 Å². The van der Waals surface area contributed by atoms with Gasteiger partial charge in [-0.25, -0.2) is 0 Å². The van der Waals surface area contributed by atoms with Crippen molar-refractivity contribution in [3.8, 4) is 0 Å². The van der Waals surface area contributed by atoms with Crippen molar-refractivity contribution in [2.24, 2.45) is 0 Å². The number of esters is 1. The van der Waals surface area contributed by atoms with E-state index in [1.54, 1.807) is 0 Å². The number of methoxy groups -OCH3 is 1. The lowest BCUT2D eigenvalue weighted by atomic mass is 10.0. The zero-order valence-corrected chi connectivity index (χ0v) is 17.0. The molecule has 1 heterocycles. The Hall–Kier alpha value is -0.180. The molecule has 0 radical (unpaired) electrons. The van der Waals surface area contributed by atoms with Gasteiger partial charge in [0.2, 0.25) is 0 Å². The third kappa shape index (κ3) is 12.2. The Morgan fingerprint density at radius 1 is 0.750 bits per heavy atom. The summed E-state index contributed by atoms with van der Waals surface area (Å²) >= 11 is 2.24. The van der Waals surface area contributed by atoms with E-state index in [1.807, 2.05) is 0 Å². The zero-order valence-electron chi connectivity index (χ0n) is 16.2. The quantitative estimate of drug-likeness (QED) is 0.161. The fourth-order valence-corrected chi connectivity index (χ4v) is 4.65. The number of ether oxygens (including phenoxy) is 1. The molecule has 2 atom stereocenters. The van der Waals surface area contributed by atoms with Crippen LogP contribution in [0.3, 0.4) is 0 Å². The van der Waals surface area contributed by atoms with Crippen LogP contribution in [0.2, 0.25) is 0 Å². The van der Waals surface area contributed by atoms with Gasteiger partial charge in [-0.2, -0.15) is 11.8 Å². The SMILES string of the molecule is CCCCCCC1SC1CCCCCCCCCCCC(=O)OC. The van der Waals surface area contributed by atoms with Crippen LogP contribution in [0, 0.1) is 0 Å². The lowest BCUT2D eigenvalue weighted by molar-refractivity contribution is -0.140. The van der Waals surface area contributed by atoms with Crippen LogP contribution < -0.4 is 0 Å². The van der Waals surface area contributed by atoms with Crippen LogP contribution in [-0.4, -0.2) is 23.6 Å². The van der Waals surface area contributed by atoms with Crippen molar-refractivity contribution in [2.45, 2.75) is 120 Å². The molecule has 0 N–H and O–H groups in total. The molecule has 0 aromatic heterocycles. The molecule has 0 saturated carbocycles. The highest BCUT2D eigenvalue weighted by molar-refractivity contribution is 8.07. The molecule has 1 saturated heterocycles. The maximum atomic E-state index is 11.0. The van der Waals surface area contributed by atoms with Gasteiger partial charge in [-0.1, -0.05) is 84.0 Å². The Morgan fingerprint density at radius 3 is 1.71 bits per heavy atom. The normalized spacial score (nSPS) is 19.4. The summed E-state index contributed by atoms with van der Waals surface area (Å²) in [7, 11) is 1.47. The van der Waals surface area contributed by atoms with Crippen LogP contribution in [0.1, 0.15) is 110 Å². The smallest absolute Gasteiger partial charge is 0.305 e. The van der Waals surface area contributed by atoms with Crippen molar-refractivity contribution >= 4 is 17.7 Å². The first kappa shape index (κ1) is 21.9. The molecule has 0 bridgehead atoms. The van der Waals surface area contributed by atoms with Gasteiger partial charge in [0.05, 0.1) is 7.11 Å². The van der Waals surface area contributed by atoms with Crippen LogP contribution in [0.5, 0.6) is 0 Å². The van der Waals surface area contributed by atoms with Crippen molar-refractivity contribution in [2.75, 3.05) is 7.11 Å². The van der Waals surface area contributed by atoms with E-state index >= 15 is 0 Å². The molecule has 2 unspecified atom stereocenters. The summed E-state index contributed by atoms with van der Waals surface area (Å²) in [6, 6.07) is 0. The lowest BCUT2D eigenvalue weighted by Crippen LogP contribution is -1.99. The van der Waals surface area contributed by atoms with Crippen molar-refractivity contribution in [3.63, 3.8) is 0 Å². The van der Waals surface area contributed by atoms with Crippen LogP contribution in [0.4, 0.5) is 0 Å². The predicted octanol–water partition coefficient (Wildman–Crippen LogP) is 6.90. The molecule has 24 heavy (non-hydrogen) atoms. The number of carbonyl (C=O) groups is 1. The Labute approximate surface area is 154 Å². The summed E-state index contributed by atoms with van der Waals surface area (Å²) in [5.41, 5.74) is 0. The minimum Gasteiger partial charge on any atom is -0.469 e. The van der Waals surface area contributed by atoms with Gasteiger partial charge in [0, 0.05) is 16.9 Å². The van der Waals surface area contributed by atoms with E-state index in [0.717, 1.165) is 16.9 Å². The van der Waals surface area contributed by atoms with Gasteiger partial charge >= 0.3 is 5.97 Å². The number of unbranched alkanes of at least 4 members (excludes halogenated alkanes) is 11. The molecular weight excluding hydrogens is 316 g/mol. The van der Waals surface area contributed by atoms with Crippen molar-refractivity contribution in [3.05, 3.63) is 0 Å². The monoisotopic (exact) mass is 356 g/mol. The van der Waals surface area contributed by atoms with Crippen molar-refractivity contribution < 1.29 is 9.53 Å². The minimum absolute atomic E-state index is 0.0629. The second kappa shape index (κ2) is 15.1. The fraction of sp³-hybridized carbons (Fsp3) is 0.952. The number of thioether (sulfide) groups is 1. The molecule has 0 amide bonds. The van der Waals surface area contributed by atoms with Crippen LogP contribution in [-0.2, 0) is 9.53 Å². The number of rotatable bonds is 17. The Kier molecular flexibility index (Phi) is 13.8. The maximum Gasteiger partial charge on any atom is 0.305 e. The first-order valence-electron chi connectivity index (χ1n) is 10.5. The largest absolute Gasteiger partial charge is 0.469 e. The molecule has 3 heteroatoms. The topological polar surface area (TPSA) is 26.3 Å². The van der Waals surface area contributed by atoms with E-state index in [4.69, 9.17) is 0 Å². The molecule has 0 aliphatic carbocycles. The molecular formula is C21H40O2S. The summed E-state index contributed by atoms with van der Waals surface area (Å²) in [4.78, 5) is 11.0. The van der Waals surface area contributed by atoms with Crippen LogP contribution in [0.25, 0.3) is 0 Å². The van der Waals surface area contributed by atoms with Crippen molar-refractivity contribution in [1.29, 1.82) is 0 Å². The third-order valence-electron chi connectivity index (χ3n) is 5.13. The van der Waals surface area contributed by atoms with Crippen molar-refractivity contribution in [1.82, 2.24) is 0 Å². The maximum absolute atomic E-state index is 11.0. The van der Waals surface area contributed by atoms with Gasteiger partial charge < -0.3 is 4.74 Å². The van der Waals surface area contributed by atoms with Gasteiger partial charge in [-0.15, -0.1) is 0 Å². The summed E-state index contributed by atoms with van der Waals surface area (Å²) in [6.07, 6.45) is 21.1. The van der Waals surface area contributed by atoms with E-state index in [0.29, 0.717) is 6.42 Å². The highest BCUT2D eigenvalue weighted by Crippen LogP contribution is 2.47. The first-order chi connectivity index (χ1) is 11.8. The van der Waals surface area contributed by atoms with E-state index in [2.05, 4.69) is 23.4 Å². The molecule has 1 aliphatic rings. The Morgan fingerprint density at radius 2 is 1.21 bits per heavy atom. The molecule has 0 aromatic rings. The summed E-state index contributed by atoms with van der Waals surface area (Å²) in [5.74, 6) is -0.0629. The minimum atomic E-state index is -0.0629. The molecule has 0 aromatic carbocycles. The van der Waals surface area contributed by atoms with Gasteiger partial charge in [0.25, 0.3) is 0 Å². The highest BCUT2D eigenvalue weighted by Gasteiger charge is 2.36. The average Bonchev–Trinajstić information content (AvgIpc) is 3.34. The van der Waals surface area contributed by atoms with Gasteiger partial charge in [-0.3, -0.25) is 4.79 Å². The van der Waals surface area contributed by atoms with Crippen LogP contribution >= 0.6 is 11.8 Å². The van der Waals surface area contributed by atoms with Gasteiger partial charge in [0.15, 0.2) is 0 Å². The number of hydrogen-bond acceptors (Lipinski definition) is 3. The average molecular weight is 357 g/mol. The Bertz CT molecular complexity index is 306. The third-order valence-corrected chi connectivity index (χ3v) is 6.64. The molecule has 1 aliphatic heterocycles.